The maximum Gasteiger partial charge on any atom is 0.410 e. The van der Waals surface area contributed by atoms with Gasteiger partial charge >= 0.3 is 6.09 Å². The average Bonchev–Trinajstić information content (AvgIpc) is 3.07. The second-order valence-electron chi connectivity index (χ2n) is 8.22. The molecule has 0 spiro atoms. The normalized spacial score (nSPS) is 15.0. The topological polar surface area (TPSA) is 63.0 Å². The molecule has 1 fully saturated rings. The first-order chi connectivity index (χ1) is 14.2. The van der Waals surface area contributed by atoms with Gasteiger partial charge in [-0.1, -0.05) is 6.07 Å². The summed E-state index contributed by atoms with van der Waals surface area (Å²) in [6.45, 7) is 7.61. The molecule has 30 heavy (non-hydrogen) atoms. The predicted molar refractivity (Wildman–Crippen MR) is 116 cm³/mol. The highest BCUT2D eigenvalue weighted by molar-refractivity contribution is 9.10. The number of amides is 1. The number of carbonyl (C=O) groups excluding carboxylic acids is 1. The maximum atomic E-state index is 14.9. The van der Waals surface area contributed by atoms with Gasteiger partial charge in [0.05, 0.1) is 16.4 Å². The van der Waals surface area contributed by atoms with Gasteiger partial charge in [-0.2, -0.15) is 5.10 Å². The van der Waals surface area contributed by atoms with Crippen molar-refractivity contribution in [3.8, 4) is 11.1 Å². The summed E-state index contributed by atoms with van der Waals surface area (Å²) in [6, 6.07) is 5.16. The molecular formula is C21H23BrFN5O2. The third-order valence-corrected chi connectivity index (χ3v) is 5.43. The Hall–Kier alpha value is -2.68. The van der Waals surface area contributed by atoms with Crippen LogP contribution in [0.15, 0.2) is 41.3 Å². The Kier molecular flexibility index (Phi) is 5.40. The molecule has 2 aromatic heterocycles. The first-order valence-electron chi connectivity index (χ1n) is 9.73. The van der Waals surface area contributed by atoms with E-state index >= 15 is 0 Å². The van der Waals surface area contributed by atoms with E-state index in [1.165, 1.54) is 6.07 Å². The van der Waals surface area contributed by atoms with Crippen molar-refractivity contribution in [2.24, 2.45) is 0 Å². The van der Waals surface area contributed by atoms with E-state index in [4.69, 9.17) is 4.74 Å². The lowest BCUT2D eigenvalue weighted by molar-refractivity contribution is 0.0240. The number of nitrogens with zero attached hydrogens (tertiary/aromatic N) is 5. The zero-order valence-corrected chi connectivity index (χ0v) is 18.7. The summed E-state index contributed by atoms with van der Waals surface area (Å²) in [5.41, 5.74) is 2.21. The van der Waals surface area contributed by atoms with Crippen LogP contribution in [0.5, 0.6) is 0 Å². The minimum Gasteiger partial charge on any atom is -0.444 e. The predicted octanol–water partition coefficient (Wildman–Crippen LogP) is 4.36. The van der Waals surface area contributed by atoms with Crippen LogP contribution in [0.4, 0.5) is 14.9 Å². The van der Waals surface area contributed by atoms with Crippen molar-refractivity contribution >= 4 is 33.4 Å². The van der Waals surface area contributed by atoms with Crippen LogP contribution < -0.4 is 4.90 Å². The highest BCUT2D eigenvalue weighted by Gasteiger charge is 2.26. The van der Waals surface area contributed by atoms with E-state index in [1.807, 2.05) is 37.9 Å². The first-order valence-corrected chi connectivity index (χ1v) is 10.5. The number of benzene rings is 1. The van der Waals surface area contributed by atoms with Crippen LogP contribution in [-0.4, -0.2) is 57.4 Å². The highest BCUT2D eigenvalue weighted by Crippen LogP contribution is 2.28. The van der Waals surface area contributed by atoms with Crippen LogP contribution in [-0.2, 0) is 4.74 Å². The molecule has 7 nitrogen and oxygen atoms in total. The van der Waals surface area contributed by atoms with Crippen LogP contribution in [0.3, 0.4) is 0 Å². The number of hydrogen-bond donors (Lipinski definition) is 0. The molecule has 4 rings (SSSR count). The molecule has 3 aromatic rings. The van der Waals surface area contributed by atoms with Gasteiger partial charge in [-0.05, 0) is 54.4 Å². The molecule has 3 heterocycles. The second kappa shape index (κ2) is 7.86. The largest absolute Gasteiger partial charge is 0.444 e. The van der Waals surface area contributed by atoms with Gasteiger partial charge in [-0.15, -0.1) is 0 Å². The molecule has 0 bridgehead atoms. The number of carbonyl (C=O) groups is 1. The Morgan fingerprint density at radius 3 is 2.53 bits per heavy atom. The van der Waals surface area contributed by atoms with E-state index in [-0.39, 0.29) is 11.9 Å². The zero-order chi connectivity index (χ0) is 21.5. The molecule has 9 heteroatoms. The summed E-state index contributed by atoms with van der Waals surface area (Å²) in [5, 5.41) is 4.22. The van der Waals surface area contributed by atoms with E-state index in [1.54, 1.807) is 27.9 Å². The highest BCUT2D eigenvalue weighted by atomic mass is 79.9. The van der Waals surface area contributed by atoms with Crippen molar-refractivity contribution in [2.45, 2.75) is 26.4 Å². The third kappa shape index (κ3) is 4.26. The molecule has 1 aliphatic heterocycles. The monoisotopic (exact) mass is 475 g/mol. The molecule has 1 saturated heterocycles. The lowest BCUT2D eigenvalue weighted by Gasteiger charge is -2.36. The van der Waals surface area contributed by atoms with Crippen molar-refractivity contribution in [2.75, 3.05) is 31.1 Å². The van der Waals surface area contributed by atoms with Crippen LogP contribution >= 0.6 is 15.9 Å². The van der Waals surface area contributed by atoms with Gasteiger partial charge in [0.15, 0.2) is 5.65 Å². The van der Waals surface area contributed by atoms with E-state index in [0.29, 0.717) is 37.5 Å². The Bertz CT molecular complexity index is 1090. The maximum absolute atomic E-state index is 14.9. The summed E-state index contributed by atoms with van der Waals surface area (Å²) < 4.78 is 22.8. The van der Waals surface area contributed by atoms with E-state index in [9.17, 15) is 9.18 Å². The molecule has 0 saturated carbocycles. The molecular weight excluding hydrogens is 453 g/mol. The summed E-state index contributed by atoms with van der Waals surface area (Å²) in [7, 11) is 0. The first kappa shape index (κ1) is 20.6. The van der Waals surface area contributed by atoms with Gasteiger partial charge in [-0.3, -0.25) is 0 Å². The quantitative estimate of drug-likeness (QED) is 0.550. The molecule has 158 valence electrons. The number of hydrogen-bond acceptors (Lipinski definition) is 5. The lowest BCUT2D eigenvalue weighted by atomic mass is 10.1. The van der Waals surface area contributed by atoms with E-state index in [2.05, 4.69) is 26.0 Å². The van der Waals surface area contributed by atoms with Crippen LogP contribution in [0.25, 0.3) is 16.8 Å². The third-order valence-electron chi connectivity index (χ3n) is 4.87. The van der Waals surface area contributed by atoms with Crippen molar-refractivity contribution in [3.05, 3.63) is 47.1 Å². The Morgan fingerprint density at radius 2 is 1.87 bits per heavy atom. The standard InChI is InChI=1S/C21H23BrFN5O2/c1-21(2,3)30-20(29)27-8-6-26(7-9-27)18-5-4-14(10-17(18)23)15-11-24-19-16(22)12-25-28(19)13-15/h4-5,10-13H,6-9H2,1-3H3. The van der Waals surface area contributed by atoms with Gasteiger partial charge in [0.2, 0.25) is 0 Å². The minimum atomic E-state index is -0.528. The van der Waals surface area contributed by atoms with Crippen molar-refractivity contribution in [3.63, 3.8) is 0 Å². The van der Waals surface area contributed by atoms with Gasteiger partial charge in [-0.25, -0.2) is 18.7 Å². The number of anilines is 1. The number of fused-ring (bicyclic) bond motifs is 1. The number of aromatic nitrogens is 3. The van der Waals surface area contributed by atoms with Gasteiger partial charge < -0.3 is 14.5 Å². The molecule has 1 aromatic carbocycles. The molecule has 0 radical (unpaired) electrons. The fourth-order valence-corrected chi connectivity index (χ4v) is 3.77. The van der Waals surface area contributed by atoms with Crippen molar-refractivity contribution in [1.82, 2.24) is 19.5 Å². The Balaban J connectivity index is 1.46. The van der Waals surface area contributed by atoms with Crippen LogP contribution in [0, 0.1) is 5.82 Å². The number of piperazine rings is 1. The fourth-order valence-electron chi connectivity index (χ4n) is 3.39. The number of ether oxygens (including phenoxy) is 1. The van der Waals surface area contributed by atoms with Gasteiger partial charge in [0, 0.05) is 44.1 Å². The molecule has 0 unspecified atom stereocenters. The summed E-state index contributed by atoms with van der Waals surface area (Å²) in [6.07, 6.45) is 4.87. The Labute approximate surface area is 182 Å². The molecule has 0 atom stereocenters. The summed E-state index contributed by atoms with van der Waals surface area (Å²) in [4.78, 5) is 20.2. The van der Waals surface area contributed by atoms with Gasteiger partial charge in [0.1, 0.15) is 11.4 Å². The van der Waals surface area contributed by atoms with Crippen molar-refractivity contribution in [1.29, 1.82) is 0 Å². The van der Waals surface area contributed by atoms with E-state index < -0.39 is 5.60 Å². The molecule has 1 amide bonds. The SMILES string of the molecule is CC(C)(C)OC(=O)N1CCN(c2ccc(-c3cnc4c(Br)cnn4c3)cc2F)CC1. The van der Waals surface area contributed by atoms with Crippen LogP contribution in [0.2, 0.25) is 0 Å². The van der Waals surface area contributed by atoms with E-state index in [0.717, 1.165) is 15.6 Å². The molecule has 0 aliphatic carbocycles. The van der Waals surface area contributed by atoms with Crippen LogP contribution in [0.1, 0.15) is 20.8 Å². The average molecular weight is 476 g/mol. The summed E-state index contributed by atoms with van der Waals surface area (Å²) >= 11 is 3.40. The van der Waals surface area contributed by atoms with Gasteiger partial charge in [0.25, 0.3) is 0 Å². The number of rotatable bonds is 2. The smallest absolute Gasteiger partial charge is 0.410 e. The lowest BCUT2D eigenvalue weighted by Crippen LogP contribution is -2.50. The zero-order valence-electron chi connectivity index (χ0n) is 17.1. The summed E-state index contributed by atoms with van der Waals surface area (Å²) in [5.74, 6) is -0.306. The number of halogens is 2. The molecule has 1 aliphatic rings. The van der Waals surface area contributed by atoms with Crippen molar-refractivity contribution < 1.29 is 13.9 Å². The Morgan fingerprint density at radius 1 is 1.13 bits per heavy atom. The minimum absolute atomic E-state index is 0.306. The second-order valence-corrected chi connectivity index (χ2v) is 9.08. The fraction of sp³-hybridized carbons (Fsp3) is 0.381. The molecule has 0 N–H and O–H groups in total.